The Morgan fingerprint density at radius 2 is 2.05 bits per heavy atom. The molecule has 1 atom stereocenters. The predicted molar refractivity (Wildman–Crippen MR) is 80.1 cm³/mol. The molecule has 4 nitrogen and oxygen atoms in total. The third-order valence-corrected chi connectivity index (χ3v) is 2.60. The number of rotatable bonds is 7. The summed E-state index contributed by atoms with van der Waals surface area (Å²) in [5.74, 6) is 0.745. The van der Waals surface area contributed by atoms with Crippen LogP contribution >= 0.6 is 24.0 Å². The molecule has 3 N–H and O–H groups in total. The van der Waals surface area contributed by atoms with Crippen molar-refractivity contribution in [1.82, 2.24) is 5.32 Å². The average Bonchev–Trinajstić information content (AvgIpc) is 2.36. The predicted octanol–water partition coefficient (Wildman–Crippen LogP) is 2.38. The minimum Gasteiger partial charge on any atom is -0.489 e. The van der Waals surface area contributed by atoms with Crippen LogP contribution in [-0.2, 0) is 4.79 Å². The molecule has 0 bridgehead atoms. The third kappa shape index (κ3) is 7.93. The topological polar surface area (TPSA) is 64.4 Å². The van der Waals surface area contributed by atoms with Gasteiger partial charge in [0.2, 0.25) is 5.91 Å². The molecule has 0 radical (unpaired) electrons. The molecule has 1 aromatic carbocycles. The molecule has 0 aliphatic carbocycles. The van der Waals surface area contributed by atoms with Crippen molar-refractivity contribution in [2.45, 2.75) is 25.9 Å². The lowest BCUT2D eigenvalue weighted by atomic mass is 10.3. The standard InChI is InChI=1S/C13H19ClN2O2.ClH/c1-10(9-16-13(17)3-2-8-15)18-12-6-4-11(14)5-7-12;/h4-7,10H,2-3,8-9,15H2,1H3,(H,16,17);1H. The number of nitrogens with two attached hydrogens (primary N) is 1. The number of carbonyl (C=O) groups excluding carboxylic acids is 1. The van der Waals surface area contributed by atoms with E-state index in [-0.39, 0.29) is 24.4 Å². The van der Waals surface area contributed by atoms with Gasteiger partial charge in [-0.2, -0.15) is 0 Å². The molecule has 0 aliphatic rings. The van der Waals surface area contributed by atoms with Gasteiger partial charge < -0.3 is 15.8 Å². The first-order valence-electron chi connectivity index (χ1n) is 6.01. The van der Waals surface area contributed by atoms with Crippen molar-refractivity contribution < 1.29 is 9.53 Å². The van der Waals surface area contributed by atoms with Gasteiger partial charge in [0.15, 0.2) is 0 Å². The zero-order chi connectivity index (χ0) is 13.4. The fraction of sp³-hybridized carbons (Fsp3) is 0.462. The number of carbonyl (C=O) groups is 1. The summed E-state index contributed by atoms with van der Waals surface area (Å²) in [6.45, 7) is 2.91. The first-order chi connectivity index (χ1) is 8.61. The van der Waals surface area contributed by atoms with Gasteiger partial charge in [-0.15, -0.1) is 12.4 Å². The van der Waals surface area contributed by atoms with Gasteiger partial charge >= 0.3 is 0 Å². The largest absolute Gasteiger partial charge is 0.489 e. The normalized spacial score (nSPS) is 11.3. The van der Waals surface area contributed by atoms with Crippen LogP contribution in [0.1, 0.15) is 19.8 Å². The number of hydrogen-bond donors (Lipinski definition) is 2. The average molecular weight is 307 g/mol. The van der Waals surface area contributed by atoms with Gasteiger partial charge in [0.05, 0.1) is 6.54 Å². The van der Waals surface area contributed by atoms with Crippen LogP contribution in [0.2, 0.25) is 5.02 Å². The van der Waals surface area contributed by atoms with Crippen LogP contribution in [0.25, 0.3) is 0 Å². The van der Waals surface area contributed by atoms with Gasteiger partial charge in [-0.25, -0.2) is 0 Å². The van der Waals surface area contributed by atoms with Crippen LogP contribution in [0.15, 0.2) is 24.3 Å². The zero-order valence-corrected chi connectivity index (χ0v) is 12.5. The van der Waals surface area contributed by atoms with Crippen molar-refractivity contribution in [2.75, 3.05) is 13.1 Å². The van der Waals surface area contributed by atoms with E-state index in [0.29, 0.717) is 31.0 Å². The Morgan fingerprint density at radius 3 is 2.63 bits per heavy atom. The maximum Gasteiger partial charge on any atom is 0.220 e. The lowest BCUT2D eigenvalue weighted by Crippen LogP contribution is -2.33. The summed E-state index contributed by atoms with van der Waals surface area (Å²) in [6, 6.07) is 7.14. The van der Waals surface area contributed by atoms with Crippen LogP contribution in [0.4, 0.5) is 0 Å². The van der Waals surface area contributed by atoms with E-state index in [0.717, 1.165) is 5.75 Å². The summed E-state index contributed by atoms with van der Waals surface area (Å²) in [5, 5.41) is 3.47. The first-order valence-corrected chi connectivity index (χ1v) is 6.38. The van der Waals surface area contributed by atoms with Crippen LogP contribution in [0.3, 0.4) is 0 Å². The number of halogens is 2. The molecular formula is C13H20Cl2N2O2. The van der Waals surface area contributed by atoms with Crippen LogP contribution in [-0.4, -0.2) is 25.1 Å². The number of hydrogen-bond acceptors (Lipinski definition) is 3. The SMILES string of the molecule is CC(CNC(=O)CCCN)Oc1ccc(Cl)cc1.Cl. The van der Waals surface area contributed by atoms with Gasteiger partial charge in [0.25, 0.3) is 0 Å². The first kappa shape index (κ1) is 18.0. The summed E-state index contributed by atoms with van der Waals surface area (Å²) < 4.78 is 5.63. The van der Waals surface area contributed by atoms with Crippen molar-refractivity contribution in [1.29, 1.82) is 0 Å². The molecule has 1 amide bonds. The van der Waals surface area contributed by atoms with Gasteiger partial charge in [0, 0.05) is 11.4 Å². The van der Waals surface area contributed by atoms with E-state index in [4.69, 9.17) is 22.1 Å². The maximum absolute atomic E-state index is 11.4. The summed E-state index contributed by atoms with van der Waals surface area (Å²) in [7, 11) is 0. The highest BCUT2D eigenvalue weighted by Crippen LogP contribution is 2.16. The molecule has 1 unspecified atom stereocenters. The molecule has 6 heteroatoms. The Kier molecular flexibility index (Phi) is 9.39. The molecular weight excluding hydrogens is 287 g/mol. The van der Waals surface area contributed by atoms with Gasteiger partial charge in [-0.3, -0.25) is 4.79 Å². The van der Waals surface area contributed by atoms with Crippen LogP contribution in [0.5, 0.6) is 5.75 Å². The molecule has 1 aromatic rings. The molecule has 108 valence electrons. The summed E-state index contributed by atoms with van der Waals surface area (Å²) in [4.78, 5) is 11.4. The Hall–Kier alpha value is -0.970. The van der Waals surface area contributed by atoms with Crippen molar-refractivity contribution in [3.05, 3.63) is 29.3 Å². The molecule has 0 spiro atoms. The Bertz CT molecular complexity index is 371. The van der Waals surface area contributed by atoms with Crippen LogP contribution < -0.4 is 15.8 Å². The summed E-state index contributed by atoms with van der Waals surface area (Å²) >= 11 is 5.78. The van der Waals surface area contributed by atoms with E-state index in [1.165, 1.54) is 0 Å². The molecule has 0 fully saturated rings. The molecule has 0 heterocycles. The van der Waals surface area contributed by atoms with Crippen molar-refractivity contribution in [3.8, 4) is 5.75 Å². The molecule has 0 aromatic heterocycles. The molecule has 0 saturated carbocycles. The Labute approximate surface area is 125 Å². The van der Waals surface area contributed by atoms with E-state index in [9.17, 15) is 4.79 Å². The zero-order valence-electron chi connectivity index (χ0n) is 10.9. The number of nitrogens with one attached hydrogen (secondary N) is 1. The Morgan fingerprint density at radius 1 is 1.42 bits per heavy atom. The fourth-order valence-electron chi connectivity index (χ4n) is 1.40. The quantitative estimate of drug-likeness (QED) is 0.813. The lowest BCUT2D eigenvalue weighted by molar-refractivity contribution is -0.121. The third-order valence-electron chi connectivity index (χ3n) is 2.35. The fourth-order valence-corrected chi connectivity index (χ4v) is 1.52. The Balaban J connectivity index is 0.00000324. The number of ether oxygens (including phenoxy) is 1. The second-order valence-corrected chi connectivity index (χ2v) is 4.52. The minimum atomic E-state index is -0.0898. The highest BCUT2D eigenvalue weighted by atomic mass is 35.5. The maximum atomic E-state index is 11.4. The van der Waals surface area contributed by atoms with E-state index in [1.807, 2.05) is 6.92 Å². The van der Waals surface area contributed by atoms with Crippen molar-refractivity contribution in [3.63, 3.8) is 0 Å². The van der Waals surface area contributed by atoms with E-state index in [2.05, 4.69) is 5.32 Å². The van der Waals surface area contributed by atoms with Crippen molar-refractivity contribution in [2.24, 2.45) is 5.73 Å². The highest BCUT2D eigenvalue weighted by Gasteiger charge is 2.06. The van der Waals surface area contributed by atoms with Gasteiger partial charge in [-0.1, -0.05) is 11.6 Å². The molecule has 1 rings (SSSR count). The van der Waals surface area contributed by atoms with Crippen LogP contribution in [0, 0.1) is 0 Å². The van der Waals surface area contributed by atoms with Gasteiger partial charge in [0.1, 0.15) is 11.9 Å². The molecule has 19 heavy (non-hydrogen) atoms. The number of amides is 1. The van der Waals surface area contributed by atoms with Gasteiger partial charge in [-0.05, 0) is 44.2 Å². The van der Waals surface area contributed by atoms with E-state index < -0.39 is 0 Å². The molecule has 0 aliphatic heterocycles. The highest BCUT2D eigenvalue weighted by molar-refractivity contribution is 6.30. The smallest absolute Gasteiger partial charge is 0.220 e. The summed E-state index contributed by atoms with van der Waals surface area (Å²) in [6.07, 6.45) is 1.08. The minimum absolute atomic E-state index is 0. The van der Waals surface area contributed by atoms with Crippen molar-refractivity contribution >= 4 is 29.9 Å². The number of benzene rings is 1. The monoisotopic (exact) mass is 306 g/mol. The molecule has 0 saturated heterocycles. The lowest BCUT2D eigenvalue weighted by Gasteiger charge is -2.15. The van der Waals surface area contributed by atoms with E-state index >= 15 is 0 Å². The second-order valence-electron chi connectivity index (χ2n) is 4.08. The second kappa shape index (κ2) is 9.89. The van der Waals surface area contributed by atoms with E-state index in [1.54, 1.807) is 24.3 Å². The summed E-state index contributed by atoms with van der Waals surface area (Å²) in [5.41, 5.74) is 5.33.